The van der Waals surface area contributed by atoms with Crippen molar-refractivity contribution in [3.8, 4) is 6.07 Å². The summed E-state index contributed by atoms with van der Waals surface area (Å²) >= 11 is 0. The van der Waals surface area contributed by atoms with Crippen molar-refractivity contribution in [1.29, 1.82) is 5.26 Å². The molecule has 1 aromatic rings. The predicted octanol–water partition coefficient (Wildman–Crippen LogP) is 3.23. The van der Waals surface area contributed by atoms with Gasteiger partial charge >= 0.3 is 6.09 Å². The summed E-state index contributed by atoms with van der Waals surface area (Å²) in [4.78, 5) is 17.7. The third kappa shape index (κ3) is 4.92. The number of amides is 1. The van der Waals surface area contributed by atoms with Gasteiger partial charge in [0.15, 0.2) is 0 Å². The summed E-state index contributed by atoms with van der Waals surface area (Å²) in [6.45, 7) is 6.07. The monoisotopic (exact) mass is 319 g/mol. The largest absolute Gasteiger partial charge is 0.444 e. The molecule has 0 spiro atoms. The SMILES string of the molecule is CC(C)(C)OC(=O)N1CCC(F)(Cc2cccc(C#N)n2)CC1. The van der Waals surface area contributed by atoms with Crippen LogP contribution < -0.4 is 0 Å². The van der Waals surface area contributed by atoms with Crippen LogP contribution in [0.5, 0.6) is 0 Å². The highest BCUT2D eigenvalue weighted by Crippen LogP contribution is 2.30. The van der Waals surface area contributed by atoms with Gasteiger partial charge in [-0.05, 0) is 45.7 Å². The molecule has 0 atom stereocenters. The van der Waals surface area contributed by atoms with E-state index in [0.717, 1.165) is 0 Å². The van der Waals surface area contributed by atoms with E-state index in [4.69, 9.17) is 10.00 Å². The molecule has 0 aliphatic carbocycles. The van der Waals surface area contributed by atoms with E-state index in [0.29, 0.717) is 18.8 Å². The van der Waals surface area contributed by atoms with E-state index >= 15 is 0 Å². The van der Waals surface area contributed by atoms with Crippen molar-refractivity contribution in [2.24, 2.45) is 0 Å². The van der Waals surface area contributed by atoms with E-state index in [2.05, 4.69) is 4.98 Å². The summed E-state index contributed by atoms with van der Waals surface area (Å²) in [6, 6.07) is 6.99. The molecule has 23 heavy (non-hydrogen) atoms. The van der Waals surface area contributed by atoms with E-state index in [1.807, 2.05) is 26.8 Å². The zero-order chi connectivity index (χ0) is 17.1. The van der Waals surface area contributed by atoms with Crippen LogP contribution in [0.25, 0.3) is 0 Å². The number of carbonyl (C=O) groups excluding carboxylic acids is 1. The van der Waals surface area contributed by atoms with Gasteiger partial charge in [-0.1, -0.05) is 6.07 Å². The fourth-order valence-corrected chi connectivity index (χ4v) is 2.56. The molecule has 0 radical (unpaired) electrons. The Morgan fingerprint density at radius 1 is 1.43 bits per heavy atom. The second-order valence-corrected chi connectivity index (χ2v) is 6.92. The molecule has 6 heteroatoms. The average Bonchev–Trinajstić information content (AvgIpc) is 2.46. The van der Waals surface area contributed by atoms with Crippen molar-refractivity contribution in [2.45, 2.75) is 51.3 Å². The number of halogens is 1. The molecule has 0 bridgehead atoms. The van der Waals surface area contributed by atoms with Crippen molar-refractivity contribution in [3.63, 3.8) is 0 Å². The molecular formula is C17H22FN3O2. The summed E-state index contributed by atoms with van der Waals surface area (Å²) in [6.07, 6.45) is 0.240. The quantitative estimate of drug-likeness (QED) is 0.839. The number of aromatic nitrogens is 1. The van der Waals surface area contributed by atoms with Crippen LogP contribution in [0, 0.1) is 11.3 Å². The first kappa shape index (κ1) is 17.2. The number of nitrogens with zero attached hydrogens (tertiary/aromatic N) is 3. The summed E-state index contributed by atoms with van der Waals surface area (Å²) in [5.41, 5.74) is -1.10. The minimum absolute atomic E-state index is 0.157. The number of nitriles is 1. The first-order valence-corrected chi connectivity index (χ1v) is 7.74. The number of hydrogen-bond donors (Lipinski definition) is 0. The fraction of sp³-hybridized carbons (Fsp3) is 0.588. The molecular weight excluding hydrogens is 297 g/mol. The standard InChI is InChI=1S/C17H22FN3O2/c1-16(2,3)23-15(22)21-9-7-17(18,8-10-21)11-13-5-4-6-14(12-19)20-13/h4-6H,7-11H2,1-3H3. The van der Waals surface area contributed by atoms with Crippen molar-refractivity contribution < 1.29 is 13.9 Å². The van der Waals surface area contributed by atoms with Crippen molar-refractivity contribution in [3.05, 3.63) is 29.6 Å². The van der Waals surface area contributed by atoms with Crippen LogP contribution in [0.3, 0.4) is 0 Å². The van der Waals surface area contributed by atoms with Crippen LogP contribution in [0.15, 0.2) is 18.2 Å². The number of alkyl halides is 1. The topological polar surface area (TPSA) is 66.2 Å². The van der Waals surface area contributed by atoms with E-state index in [-0.39, 0.29) is 25.0 Å². The highest BCUT2D eigenvalue weighted by molar-refractivity contribution is 5.68. The summed E-state index contributed by atoms with van der Waals surface area (Å²) < 4.78 is 20.3. The van der Waals surface area contributed by atoms with Gasteiger partial charge in [-0.2, -0.15) is 5.26 Å². The van der Waals surface area contributed by atoms with Gasteiger partial charge in [-0.15, -0.1) is 0 Å². The fourth-order valence-electron chi connectivity index (χ4n) is 2.56. The van der Waals surface area contributed by atoms with Gasteiger partial charge in [0, 0.05) is 25.2 Å². The number of piperidine rings is 1. The molecule has 0 unspecified atom stereocenters. The molecule has 1 amide bonds. The molecule has 5 nitrogen and oxygen atoms in total. The first-order chi connectivity index (χ1) is 10.7. The molecule has 124 valence electrons. The molecule has 1 saturated heterocycles. The highest BCUT2D eigenvalue weighted by atomic mass is 19.1. The summed E-state index contributed by atoms with van der Waals surface area (Å²) in [5, 5.41) is 8.86. The first-order valence-electron chi connectivity index (χ1n) is 7.74. The van der Waals surface area contributed by atoms with Crippen molar-refractivity contribution in [1.82, 2.24) is 9.88 Å². The Morgan fingerprint density at radius 3 is 2.65 bits per heavy atom. The van der Waals surface area contributed by atoms with Crippen LogP contribution in [0.2, 0.25) is 0 Å². The normalized spacial score (nSPS) is 17.4. The molecule has 0 N–H and O–H groups in total. The van der Waals surface area contributed by atoms with Gasteiger partial charge < -0.3 is 9.64 Å². The van der Waals surface area contributed by atoms with Gasteiger partial charge in [-0.3, -0.25) is 0 Å². The maximum atomic E-state index is 15.0. The Balaban J connectivity index is 1.94. The maximum Gasteiger partial charge on any atom is 0.410 e. The second-order valence-electron chi connectivity index (χ2n) is 6.92. The predicted molar refractivity (Wildman–Crippen MR) is 83.5 cm³/mol. The number of hydrogen-bond acceptors (Lipinski definition) is 4. The zero-order valence-corrected chi connectivity index (χ0v) is 13.8. The number of carbonyl (C=O) groups is 1. The lowest BCUT2D eigenvalue weighted by molar-refractivity contribution is 0.00323. The van der Waals surface area contributed by atoms with Crippen LogP contribution in [-0.4, -0.2) is 40.3 Å². The Labute approximate surface area is 136 Å². The van der Waals surface area contributed by atoms with Crippen LogP contribution >= 0.6 is 0 Å². The lowest BCUT2D eigenvalue weighted by Gasteiger charge is -2.37. The van der Waals surface area contributed by atoms with E-state index < -0.39 is 17.4 Å². The zero-order valence-electron chi connectivity index (χ0n) is 13.8. The Bertz CT molecular complexity index is 611. The van der Waals surface area contributed by atoms with Gasteiger partial charge in [0.05, 0.1) is 0 Å². The van der Waals surface area contributed by atoms with Crippen LogP contribution in [-0.2, 0) is 11.2 Å². The number of rotatable bonds is 2. The molecule has 1 aromatic heterocycles. The number of likely N-dealkylation sites (tertiary alicyclic amines) is 1. The van der Waals surface area contributed by atoms with Gasteiger partial charge in [0.25, 0.3) is 0 Å². The third-order valence-corrected chi connectivity index (χ3v) is 3.73. The Hall–Kier alpha value is -2.16. The smallest absolute Gasteiger partial charge is 0.410 e. The van der Waals surface area contributed by atoms with Crippen LogP contribution in [0.1, 0.15) is 45.0 Å². The minimum atomic E-state index is -1.40. The second kappa shape index (κ2) is 6.53. The molecule has 1 aliphatic rings. The lowest BCUT2D eigenvalue weighted by Crippen LogP contribution is -2.47. The van der Waals surface area contributed by atoms with Gasteiger partial charge in [0.1, 0.15) is 23.0 Å². The summed E-state index contributed by atoms with van der Waals surface area (Å²) in [7, 11) is 0. The molecule has 1 aliphatic heterocycles. The van der Waals surface area contributed by atoms with E-state index in [1.54, 1.807) is 23.1 Å². The minimum Gasteiger partial charge on any atom is -0.444 e. The lowest BCUT2D eigenvalue weighted by atomic mass is 9.88. The third-order valence-electron chi connectivity index (χ3n) is 3.73. The number of pyridine rings is 1. The maximum absolute atomic E-state index is 15.0. The molecule has 2 heterocycles. The molecule has 0 saturated carbocycles. The van der Waals surface area contributed by atoms with Crippen molar-refractivity contribution >= 4 is 6.09 Å². The van der Waals surface area contributed by atoms with Crippen LogP contribution in [0.4, 0.5) is 9.18 Å². The Kier molecular flexibility index (Phi) is 4.88. The molecule has 0 aromatic carbocycles. The molecule has 1 fully saturated rings. The van der Waals surface area contributed by atoms with Crippen molar-refractivity contribution in [2.75, 3.05) is 13.1 Å². The van der Waals surface area contributed by atoms with Gasteiger partial charge in [0.2, 0.25) is 0 Å². The number of ether oxygens (including phenoxy) is 1. The summed E-state index contributed by atoms with van der Waals surface area (Å²) in [5.74, 6) is 0. The highest BCUT2D eigenvalue weighted by Gasteiger charge is 2.37. The average molecular weight is 319 g/mol. The Morgan fingerprint density at radius 2 is 2.09 bits per heavy atom. The molecule has 2 rings (SSSR count). The van der Waals surface area contributed by atoms with E-state index in [9.17, 15) is 9.18 Å². The van der Waals surface area contributed by atoms with Gasteiger partial charge in [-0.25, -0.2) is 14.2 Å². The van der Waals surface area contributed by atoms with E-state index in [1.165, 1.54) is 0 Å².